The second kappa shape index (κ2) is 7.80. The average molecular weight is 426 g/mol. The molecule has 1 aliphatic rings. The molecule has 150 valence electrons. The fourth-order valence-electron chi connectivity index (χ4n) is 2.73. The number of nitro benzene ring substituents is 1. The number of benzene rings is 2. The third kappa shape index (κ3) is 3.99. The number of imide groups is 1. The van der Waals surface area contributed by atoms with Crippen molar-refractivity contribution in [2.75, 3.05) is 11.9 Å². The van der Waals surface area contributed by atoms with Gasteiger partial charge >= 0.3 is 6.61 Å². The Morgan fingerprint density at radius 3 is 2.59 bits per heavy atom. The highest BCUT2D eigenvalue weighted by Gasteiger charge is 2.41. The van der Waals surface area contributed by atoms with Crippen molar-refractivity contribution in [1.29, 1.82) is 0 Å². The summed E-state index contributed by atoms with van der Waals surface area (Å²) in [5.41, 5.74) is -0.991. The molecule has 0 fully saturated rings. The topological polar surface area (TPSA) is 119 Å². The zero-order valence-electron chi connectivity index (χ0n) is 14.2. The number of carbonyl (C=O) groups excluding carboxylic acids is 3. The van der Waals surface area contributed by atoms with Gasteiger partial charge in [0.25, 0.3) is 17.5 Å². The monoisotopic (exact) mass is 425 g/mol. The van der Waals surface area contributed by atoms with Gasteiger partial charge in [0.05, 0.1) is 15.5 Å². The Bertz CT molecular complexity index is 1050. The van der Waals surface area contributed by atoms with Gasteiger partial charge in [-0.1, -0.05) is 17.7 Å². The van der Waals surface area contributed by atoms with Gasteiger partial charge in [-0.2, -0.15) is 8.78 Å². The largest absolute Gasteiger partial charge is 0.433 e. The van der Waals surface area contributed by atoms with E-state index in [-0.39, 0.29) is 27.6 Å². The predicted octanol–water partition coefficient (Wildman–Crippen LogP) is 3.08. The molecule has 0 spiro atoms. The van der Waals surface area contributed by atoms with Crippen molar-refractivity contribution in [3.63, 3.8) is 0 Å². The van der Waals surface area contributed by atoms with Crippen molar-refractivity contribution in [2.45, 2.75) is 6.61 Å². The smallest absolute Gasteiger partial charge is 0.387 e. The number of nitrogens with one attached hydrogen (secondary N) is 1. The summed E-state index contributed by atoms with van der Waals surface area (Å²) in [7, 11) is 0. The maximum atomic E-state index is 12.4. The molecule has 1 heterocycles. The molecule has 0 aromatic heterocycles. The molecule has 2 aromatic rings. The number of nitrogens with zero attached hydrogens (tertiary/aromatic N) is 2. The van der Waals surface area contributed by atoms with Gasteiger partial charge in [-0.25, -0.2) is 0 Å². The highest BCUT2D eigenvalue weighted by Crippen LogP contribution is 2.31. The predicted molar refractivity (Wildman–Crippen MR) is 95.2 cm³/mol. The Balaban J connectivity index is 1.74. The number of amides is 3. The SMILES string of the molecule is O=C(CN1C(=O)c2cccc([N+](=O)[O-])c2C1=O)Nc1ccc(OC(F)F)c(Cl)c1. The van der Waals surface area contributed by atoms with Crippen molar-refractivity contribution in [2.24, 2.45) is 0 Å². The van der Waals surface area contributed by atoms with E-state index in [1.807, 2.05) is 0 Å². The van der Waals surface area contributed by atoms with E-state index in [2.05, 4.69) is 10.1 Å². The van der Waals surface area contributed by atoms with Crippen molar-refractivity contribution in [3.8, 4) is 5.75 Å². The second-order valence-electron chi connectivity index (χ2n) is 5.73. The zero-order valence-corrected chi connectivity index (χ0v) is 15.0. The van der Waals surface area contributed by atoms with E-state index in [9.17, 15) is 33.3 Å². The van der Waals surface area contributed by atoms with Crippen molar-refractivity contribution < 1.29 is 32.8 Å². The van der Waals surface area contributed by atoms with Gasteiger partial charge in [0.15, 0.2) is 0 Å². The van der Waals surface area contributed by atoms with Gasteiger partial charge in [-0.3, -0.25) is 29.4 Å². The minimum atomic E-state index is -3.08. The summed E-state index contributed by atoms with van der Waals surface area (Å²) in [5.74, 6) is -2.91. The molecule has 0 radical (unpaired) electrons. The quantitative estimate of drug-likeness (QED) is 0.431. The summed E-state index contributed by atoms with van der Waals surface area (Å²) >= 11 is 5.79. The lowest BCUT2D eigenvalue weighted by atomic mass is 10.1. The molecule has 9 nitrogen and oxygen atoms in total. The summed E-state index contributed by atoms with van der Waals surface area (Å²) in [4.78, 5) is 47.9. The zero-order chi connectivity index (χ0) is 21.3. The number of anilines is 1. The maximum Gasteiger partial charge on any atom is 0.387 e. The Morgan fingerprint density at radius 1 is 1.24 bits per heavy atom. The first-order valence-corrected chi connectivity index (χ1v) is 8.24. The van der Waals surface area contributed by atoms with Crippen LogP contribution < -0.4 is 10.1 Å². The molecule has 0 atom stereocenters. The molecule has 3 rings (SSSR count). The Kier molecular flexibility index (Phi) is 5.41. The lowest BCUT2D eigenvalue weighted by Gasteiger charge is -2.14. The van der Waals surface area contributed by atoms with Crippen LogP contribution in [-0.2, 0) is 4.79 Å². The first-order chi connectivity index (χ1) is 13.7. The minimum absolute atomic E-state index is 0.101. The lowest BCUT2D eigenvalue weighted by molar-refractivity contribution is -0.385. The average Bonchev–Trinajstić information content (AvgIpc) is 2.88. The van der Waals surface area contributed by atoms with E-state index in [1.54, 1.807) is 0 Å². The van der Waals surface area contributed by atoms with Crippen molar-refractivity contribution in [1.82, 2.24) is 4.90 Å². The number of rotatable bonds is 6. The summed E-state index contributed by atoms with van der Waals surface area (Å²) in [5, 5.41) is 13.2. The van der Waals surface area contributed by atoms with Crippen LogP contribution in [0.15, 0.2) is 36.4 Å². The van der Waals surface area contributed by atoms with Crippen LogP contribution in [0.25, 0.3) is 0 Å². The standard InChI is InChI=1S/C17H10ClF2N3O6/c18-10-6-8(4-5-12(10)29-17(19)20)21-13(24)7-22-15(25)9-2-1-3-11(23(27)28)14(9)16(22)26/h1-6,17H,7H2,(H,21,24). The number of nitro groups is 1. The molecule has 1 aliphatic heterocycles. The molecule has 0 saturated heterocycles. The Hall–Kier alpha value is -3.60. The molecule has 0 unspecified atom stereocenters. The molecule has 2 aromatic carbocycles. The minimum Gasteiger partial charge on any atom is -0.433 e. The van der Waals surface area contributed by atoms with Crippen LogP contribution >= 0.6 is 11.6 Å². The molecule has 29 heavy (non-hydrogen) atoms. The van der Waals surface area contributed by atoms with Crippen LogP contribution in [0.5, 0.6) is 5.75 Å². The van der Waals surface area contributed by atoms with E-state index >= 15 is 0 Å². The van der Waals surface area contributed by atoms with Crippen LogP contribution in [0.2, 0.25) is 5.02 Å². The highest BCUT2D eigenvalue weighted by atomic mass is 35.5. The first kappa shape index (κ1) is 20.1. The van der Waals surface area contributed by atoms with Gasteiger partial charge in [0.1, 0.15) is 17.9 Å². The number of ether oxygens (including phenoxy) is 1. The molecule has 3 amide bonds. The fourth-order valence-corrected chi connectivity index (χ4v) is 2.95. The van der Waals surface area contributed by atoms with Crippen LogP contribution in [-0.4, -0.2) is 40.7 Å². The number of alkyl halides is 2. The summed E-state index contributed by atoms with van der Waals surface area (Å²) in [6.45, 7) is -3.79. The van der Waals surface area contributed by atoms with Crippen LogP contribution in [0.1, 0.15) is 20.7 Å². The Morgan fingerprint density at radius 2 is 1.97 bits per heavy atom. The van der Waals surface area contributed by atoms with E-state index in [0.29, 0.717) is 4.90 Å². The summed E-state index contributed by atoms with van der Waals surface area (Å²) in [6.07, 6.45) is 0. The second-order valence-corrected chi connectivity index (χ2v) is 6.13. The first-order valence-electron chi connectivity index (χ1n) is 7.87. The van der Waals surface area contributed by atoms with Crippen LogP contribution in [0, 0.1) is 10.1 Å². The molecule has 0 aliphatic carbocycles. The summed E-state index contributed by atoms with van der Waals surface area (Å²) < 4.78 is 28.7. The molecule has 0 bridgehead atoms. The van der Waals surface area contributed by atoms with E-state index < -0.39 is 41.5 Å². The van der Waals surface area contributed by atoms with Gasteiger partial charge in [-0.05, 0) is 24.3 Å². The summed E-state index contributed by atoms with van der Waals surface area (Å²) in [6, 6.07) is 7.08. The van der Waals surface area contributed by atoms with Crippen LogP contribution in [0.3, 0.4) is 0 Å². The maximum absolute atomic E-state index is 12.4. The molecule has 1 N–H and O–H groups in total. The number of fused-ring (bicyclic) bond motifs is 1. The van der Waals surface area contributed by atoms with Crippen molar-refractivity contribution in [3.05, 3.63) is 62.7 Å². The number of carbonyl (C=O) groups is 3. The molecule has 12 heteroatoms. The third-order valence-corrected chi connectivity index (χ3v) is 4.20. The normalized spacial score (nSPS) is 12.9. The van der Waals surface area contributed by atoms with E-state index in [1.165, 1.54) is 18.2 Å². The number of hydrogen-bond acceptors (Lipinski definition) is 6. The fraction of sp³-hybridized carbons (Fsp3) is 0.118. The third-order valence-electron chi connectivity index (χ3n) is 3.91. The van der Waals surface area contributed by atoms with E-state index in [4.69, 9.17) is 11.6 Å². The van der Waals surface area contributed by atoms with Gasteiger partial charge < -0.3 is 10.1 Å². The van der Waals surface area contributed by atoms with Crippen LogP contribution in [0.4, 0.5) is 20.2 Å². The van der Waals surface area contributed by atoms with Crippen molar-refractivity contribution >= 4 is 40.7 Å². The number of halogens is 3. The van der Waals surface area contributed by atoms with E-state index in [0.717, 1.165) is 18.2 Å². The van der Waals surface area contributed by atoms with Gasteiger partial charge in [0.2, 0.25) is 5.91 Å². The molecular formula is C17H10ClF2N3O6. The molecule has 0 saturated carbocycles. The Labute approximate surface area is 166 Å². The number of hydrogen-bond donors (Lipinski definition) is 1. The lowest BCUT2D eigenvalue weighted by Crippen LogP contribution is -2.37. The van der Waals surface area contributed by atoms with Gasteiger partial charge in [0, 0.05) is 11.8 Å². The highest BCUT2D eigenvalue weighted by molar-refractivity contribution is 6.32. The molecular weight excluding hydrogens is 416 g/mol. The van der Waals surface area contributed by atoms with Gasteiger partial charge in [-0.15, -0.1) is 0 Å².